The smallest absolute Gasteiger partial charge is 0.260 e. The van der Waals surface area contributed by atoms with E-state index in [9.17, 15) is 19.5 Å². The summed E-state index contributed by atoms with van der Waals surface area (Å²) in [5.74, 6) is -5.04. The van der Waals surface area contributed by atoms with E-state index in [1.807, 2.05) is 85.8 Å². The number of carbonyl (C=O) groups excluding carboxylic acids is 4. The molecule has 4 aromatic carbocycles. The highest BCUT2D eigenvalue weighted by molar-refractivity contribution is 9.10. The third-order valence-corrected chi connectivity index (χ3v) is 11.8. The number of aromatic hydroxyl groups is 1. The van der Waals surface area contributed by atoms with E-state index in [0.717, 1.165) is 20.6 Å². The number of anilines is 2. The molecule has 3 fully saturated rings. The highest BCUT2D eigenvalue weighted by atomic mass is 79.9. The Hall–Kier alpha value is -5.28. The number of carbonyl (C=O) groups is 4. The lowest BCUT2D eigenvalue weighted by molar-refractivity contribution is -0.138. The topological polar surface area (TPSA) is 107 Å². The summed E-state index contributed by atoms with van der Waals surface area (Å²) < 4.78 is 0.825. The molecule has 2 aliphatic heterocycles. The van der Waals surface area contributed by atoms with Gasteiger partial charge in [0.05, 0.1) is 34.5 Å². The van der Waals surface area contributed by atoms with Crippen LogP contribution in [0.25, 0.3) is 0 Å². The summed E-state index contributed by atoms with van der Waals surface area (Å²) in [5.41, 5.74) is 6.33. The minimum absolute atomic E-state index is 0.0237. The lowest BCUT2D eigenvalue weighted by Crippen LogP contribution is -2.53. The normalized spacial score (nSPS) is 26.8. The minimum atomic E-state index is -1.47. The van der Waals surface area contributed by atoms with Crippen LogP contribution in [0, 0.1) is 30.6 Å². The van der Waals surface area contributed by atoms with Gasteiger partial charge in [-0.1, -0.05) is 99.9 Å². The summed E-state index contributed by atoms with van der Waals surface area (Å²) in [6.07, 6.45) is 4.57. The van der Waals surface area contributed by atoms with Crippen molar-refractivity contribution in [3.05, 3.63) is 148 Å². The van der Waals surface area contributed by atoms with Crippen molar-refractivity contribution in [2.24, 2.45) is 23.7 Å². The Morgan fingerprint density at radius 3 is 2.31 bits per heavy atom. The summed E-state index contributed by atoms with van der Waals surface area (Å²) in [6.45, 7) is 5.83. The van der Waals surface area contributed by atoms with Crippen molar-refractivity contribution in [2.75, 3.05) is 10.3 Å². The van der Waals surface area contributed by atoms with Crippen LogP contribution in [0.3, 0.4) is 0 Å². The van der Waals surface area contributed by atoms with Gasteiger partial charge in [-0.05, 0) is 79.6 Å². The van der Waals surface area contributed by atoms with Crippen LogP contribution in [0.15, 0.2) is 126 Å². The lowest BCUT2D eigenvalue weighted by Gasteiger charge is -2.50. The highest BCUT2D eigenvalue weighted by Crippen LogP contribution is 2.65. The van der Waals surface area contributed by atoms with Crippen LogP contribution in [0.2, 0.25) is 0 Å². The number of allylic oxidation sites excluding steroid dienone is 3. The molecule has 8 nitrogen and oxygen atoms in total. The Morgan fingerprint density at radius 2 is 1.61 bits per heavy atom. The van der Waals surface area contributed by atoms with Crippen molar-refractivity contribution in [1.82, 2.24) is 5.01 Å². The molecule has 6 unspecified atom stereocenters. The van der Waals surface area contributed by atoms with Gasteiger partial charge in [0, 0.05) is 16.0 Å². The van der Waals surface area contributed by atoms with Crippen LogP contribution < -0.4 is 10.3 Å². The Bertz CT molecular complexity index is 2130. The molecule has 0 bridgehead atoms. The molecule has 4 aromatic rings. The lowest BCUT2D eigenvalue weighted by atomic mass is 9.49. The fourth-order valence-corrected chi connectivity index (χ4v) is 9.36. The molecule has 2 aliphatic carbocycles. The third kappa shape index (κ3) is 4.93. The number of phenols is 1. The van der Waals surface area contributed by atoms with Gasteiger partial charge in [0.1, 0.15) is 5.75 Å². The number of hydrogen-bond donors (Lipinski definition) is 2. The number of para-hydroxylation sites is 1. The van der Waals surface area contributed by atoms with Crippen molar-refractivity contribution < 1.29 is 24.3 Å². The van der Waals surface area contributed by atoms with Crippen LogP contribution in [0.5, 0.6) is 5.75 Å². The van der Waals surface area contributed by atoms with E-state index in [1.54, 1.807) is 30.3 Å². The number of benzene rings is 4. The third-order valence-electron chi connectivity index (χ3n) is 11.3. The molecule has 2 heterocycles. The number of rotatable bonds is 7. The van der Waals surface area contributed by atoms with Crippen LogP contribution in [-0.2, 0) is 31.0 Å². The number of fused-ring (bicyclic) bond motifs is 4. The molecule has 4 aliphatic rings. The van der Waals surface area contributed by atoms with Gasteiger partial charge in [0.25, 0.3) is 11.8 Å². The molecule has 9 heteroatoms. The minimum Gasteiger partial charge on any atom is -0.507 e. The molecule has 6 atom stereocenters. The first-order valence-corrected chi connectivity index (χ1v) is 18.0. The van der Waals surface area contributed by atoms with Crippen LogP contribution in [-0.4, -0.2) is 33.7 Å². The molecule has 2 N–H and O–H groups in total. The average Bonchev–Trinajstić information content (AvgIpc) is 3.52. The summed E-state index contributed by atoms with van der Waals surface area (Å²) in [4.78, 5) is 59.9. The van der Waals surface area contributed by atoms with Gasteiger partial charge in [-0.2, -0.15) is 5.01 Å². The zero-order chi connectivity index (χ0) is 35.6. The number of hydrazine groups is 1. The summed E-state index contributed by atoms with van der Waals surface area (Å²) in [6, 6.07) is 29.3. The van der Waals surface area contributed by atoms with E-state index in [0.29, 0.717) is 40.9 Å². The predicted molar refractivity (Wildman–Crippen MR) is 197 cm³/mol. The Morgan fingerprint density at radius 1 is 0.882 bits per heavy atom. The number of phenolic OH excluding ortho intramolecular Hbond substituents is 1. The largest absolute Gasteiger partial charge is 0.507 e. The molecule has 1 saturated carbocycles. The quantitative estimate of drug-likeness (QED) is 0.151. The number of imide groups is 2. The SMILES string of the molecule is C=CCc1cccc(C2C3=CCC4C(=O)N(c5ccc(Br)cc5)C(=O)C4C3CC3C(=O)N(Nc4ccc(C)cc4)C(=O)C32c2ccccc2)c1O. The summed E-state index contributed by atoms with van der Waals surface area (Å²) >= 11 is 3.44. The molecule has 0 spiro atoms. The molecular weight excluding hydrogens is 706 g/mol. The molecule has 2 saturated heterocycles. The number of nitrogens with one attached hydrogen (secondary N) is 1. The van der Waals surface area contributed by atoms with Crippen molar-refractivity contribution in [3.63, 3.8) is 0 Å². The second-order valence-electron chi connectivity index (χ2n) is 13.9. The van der Waals surface area contributed by atoms with Crippen molar-refractivity contribution in [3.8, 4) is 5.75 Å². The van der Waals surface area contributed by atoms with Crippen LogP contribution >= 0.6 is 15.9 Å². The van der Waals surface area contributed by atoms with Crippen LogP contribution in [0.4, 0.5) is 11.4 Å². The van der Waals surface area contributed by atoms with E-state index in [-0.39, 0.29) is 24.0 Å². The highest BCUT2D eigenvalue weighted by Gasteiger charge is 2.70. The number of hydrogen-bond acceptors (Lipinski definition) is 6. The standard InChI is InChI=1S/C42H36BrN3O5/c1-3-8-25-9-7-12-32(37(25)47)36-30-21-22-31-35(40(50)45(38(31)48)29-19-15-27(43)16-20-29)33(30)23-34-39(49)46(44-28-17-13-24(2)14-18-28)41(51)42(34,36)26-10-5-4-6-11-26/h3-7,9-21,31,33-36,44,47H,1,8,22-23H2,2H3. The van der Waals surface area contributed by atoms with Gasteiger partial charge in [0.2, 0.25) is 11.8 Å². The molecule has 256 valence electrons. The van der Waals surface area contributed by atoms with E-state index >= 15 is 4.79 Å². The maximum Gasteiger partial charge on any atom is 0.260 e. The zero-order valence-corrected chi connectivity index (χ0v) is 29.5. The number of halogens is 1. The van der Waals surface area contributed by atoms with Gasteiger partial charge in [-0.25, -0.2) is 0 Å². The first-order valence-electron chi connectivity index (χ1n) is 17.2. The first kappa shape index (κ1) is 32.9. The molecule has 0 aromatic heterocycles. The molecule has 8 rings (SSSR count). The number of nitrogens with zero attached hydrogens (tertiary/aromatic N) is 2. The van der Waals surface area contributed by atoms with Gasteiger partial charge in [-0.15, -0.1) is 6.58 Å². The van der Waals surface area contributed by atoms with Crippen molar-refractivity contribution in [2.45, 2.75) is 37.5 Å². The van der Waals surface area contributed by atoms with E-state index in [4.69, 9.17) is 0 Å². The second-order valence-corrected chi connectivity index (χ2v) is 14.8. The number of aryl methyl sites for hydroxylation is 1. The van der Waals surface area contributed by atoms with Crippen LogP contribution in [0.1, 0.15) is 41.0 Å². The van der Waals surface area contributed by atoms with Crippen molar-refractivity contribution >= 4 is 50.9 Å². The Kier molecular flexibility index (Phi) is 8.06. The monoisotopic (exact) mass is 741 g/mol. The van der Waals surface area contributed by atoms with E-state index in [1.165, 1.54) is 4.90 Å². The average molecular weight is 743 g/mol. The maximum atomic E-state index is 15.3. The second kappa shape index (κ2) is 12.5. The fraction of sp³-hybridized carbons (Fsp3) is 0.238. The molecule has 51 heavy (non-hydrogen) atoms. The maximum absolute atomic E-state index is 15.3. The van der Waals surface area contributed by atoms with Crippen molar-refractivity contribution in [1.29, 1.82) is 0 Å². The number of amides is 4. The molecule has 4 amide bonds. The van der Waals surface area contributed by atoms with E-state index in [2.05, 4.69) is 27.9 Å². The van der Waals surface area contributed by atoms with E-state index < -0.39 is 46.8 Å². The van der Waals surface area contributed by atoms with Gasteiger partial charge < -0.3 is 5.11 Å². The molecule has 0 radical (unpaired) electrons. The zero-order valence-electron chi connectivity index (χ0n) is 28.0. The first-order chi connectivity index (χ1) is 24.7. The Balaban J connectivity index is 1.34. The fourth-order valence-electron chi connectivity index (χ4n) is 9.10. The van der Waals surface area contributed by atoms with Gasteiger partial charge in [0.15, 0.2) is 0 Å². The predicted octanol–water partition coefficient (Wildman–Crippen LogP) is 7.38. The van der Waals surface area contributed by atoms with Gasteiger partial charge in [-0.3, -0.25) is 29.5 Å². The Labute approximate surface area is 304 Å². The molecular formula is C42H36BrN3O5. The summed E-state index contributed by atoms with van der Waals surface area (Å²) in [5, 5.41) is 13.1. The van der Waals surface area contributed by atoms with Gasteiger partial charge >= 0.3 is 0 Å². The summed E-state index contributed by atoms with van der Waals surface area (Å²) in [7, 11) is 0.